The maximum atomic E-state index is 12.3. The van der Waals surface area contributed by atoms with Crippen LogP contribution in [-0.4, -0.2) is 17.9 Å². The maximum absolute atomic E-state index is 12.3. The van der Waals surface area contributed by atoms with Gasteiger partial charge in [0.15, 0.2) is 5.78 Å². The lowest BCUT2D eigenvalue weighted by atomic mass is 9.85. The number of ether oxygens (including phenoxy) is 1. The molecule has 0 amide bonds. The van der Waals surface area contributed by atoms with E-state index in [9.17, 15) is 9.59 Å². The summed E-state index contributed by atoms with van der Waals surface area (Å²) in [6, 6.07) is 0. The summed E-state index contributed by atoms with van der Waals surface area (Å²) in [6.45, 7) is 1.50. The van der Waals surface area contributed by atoms with Crippen molar-refractivity contribution in [3.63, 3.8) is 0 Å². The van der Waals surface area contributed by atoms with E-state index < -0.39 is 0 Å². The van der Waals surface area contributed by atoms with Gasteiger partial charge in [0.2, 0.25) is 0 Å². The summed E-state index contributed by atoms with van der Waals surface area (Å²) >= 11 is 0. The van der Waals surface area contributed by atoms with Crippen LogP contribution in [0.4, 0.5) is 0 Å². The van der Waals surface area contributed by atoms with Gasteiger partial charge in [-0.2, -0.15) is 0 Å². The lowest BCUT2D eigenvalue weighted by molar-refractivity contribution is -0.148. The highest BCUT2D eigenvalue weighted by Crippen LogP contribution is 2.49. The topological polar surface area (TPSA) is 43.4 Å². The van der Waals surface area contributed by atoms with Crippen molar-refractivity contribution in [2.75, 3.05) is 0 Å². The van der Waals surface area contributed by atoms with Crippen LogP contribution < -0.4 is 0 Å². The van der Waals surface area contributed by atoms with E-state index in [-0.39, 0.29) is 18.0 Å². The van der Waals surface area contributed by atoms with Crippen molar-refractivity contribution < 1.29 is 14.3 Å². The van der Waals surface area contributed by atoms with Gasteiger partial charge in [0, 0.05) is 12.8 Å². The highest BCUT2D eigenvalue weighted by Gasteiger charge is 2.45. The van der Waals surface area contributed by atoms with Gasteiger partial charge in [0.25, 0.3) is 0 Å². The van der Waals surface area contributed by atoms with Crippen LogP contribution >= 0.6 is 0 Å². The Bertz CT molecular complexity index is 448. The van der Waals surface area contributed by atoms with E-state index in [0.717, 1.165) is 38.5 Å². The van der Waals surface area contributed by atoms with Crippen LogP contribution in [0.15, 0.2) is 12.2 Å². The predicted octanol–water partition coefficient (Wildman–Crippen LogP) is 4.06. The number of allylic oxidation sites excluding steroid dienone is 2. The highest BCUT2D eigenvalue weighted by atomic mass is 16.5. The van der Waals surface area contributed by atoms with Crippen molar-refractivity contribution >= 4 is 11.8 Å². The number of carbonyl (C=O) groups excluding carboxylic acids is 2. The van der Waals surface area contributed by atoms with Crippen LogP contribution in [0.3, 0.4) is 0 Å². The minimum atomic E-state index is -0.155. The molecule has 3 rings (SSSR count). The number of esters is 1. The second-order valence-corrected chi connectivity index (χ2v) is 7.39. The third-order valence-corrected chi connectivity index (χ3v) is 6.03. The van der Waals surface area contributed by atoms with Gasteiger partial charge in [-0.25, -0.2) is 0 Å². The summed E-state index contributed by atoms with van der Waals surface area (Å²) in [5.74, 6) is 2.11. The quantitative estimate of drug-likeness (QED) is 0.581. The molecule has 3 fully saturated rings. The van der Waals surface area contributed by atoms with E-state index in [1.807, 2.05) is 6.08 Å². The van der Waals surface area contributed by atoms with Gasteiger partial charge in [0.1, 0.15) is 6.10 Å². The van der Waals surface area contributed by atoms with Crippen LogP contribution in [-0.2, 0) is 14.3 Å². The average molecular weight is 304 g/mol. The van der Waals surface area contributed by atoms with Gasteiger partial charge in [-0.3, -0.25) is 9.59 Å². The zero-order valence-corrected chi connectivity index (χ0v) is 13.6. The van der Waals surface area contributed by atoms with Crippen molar-refractivity contribution in [1.82, 2.24) is 0 Å². The van der Waals surface area contributed by atoms with Gasteiger partial charge in [0.05, 0.1) is 0 Å². The SMILES string of the molecule is CC(=O)OC1CCC2C(/C=C/C(=O)C3CCCCC3)CCC12. The first kappa shape index (κ1) is 15.8. The third kappa shape index (κ3) is 3.44. The second kappa shape index (κ2) is 6.97. The minimum absolute atomic E-state index is 0.120. The lowest BCUT2D eigenvalue weighted by Crippen LogP contribution is -2.22. The molecule has 0 radical (unpaired) electrons. The molecule has 3 aliphatic carbocycles. The Labute approximate surface area is 133 Å². The van der Waals surface area contributed by atoms with E-state index in [4.69, 9.17) is 4.74 Å². The standard InChI is InChI=1S/C19H28O3/c1-13(20)22-19-12-10-16-14(7-9-17(16)19)8-11-18(21)15-5-3-2-4-6-15/h8,11,14-17,19H,2-7,9-10,12H2,1H3/b11-8+. The Hall–Kier alpha value is -1.12. The fourth-order valence-corrected chi connectivity index (χ4v) is 4.93. The highest BCUT2D eigenvalue weighted by molar-refractivity contribution is 5.91. The van der Waals surface area contributed by atoms with Crippen LogP contribution in [0, 0.1) is 23.7 Å². The molecule has 0 spiro atoms. The second-order valence-electron chi connectivity index (χ2n) is 7.39. The molecule has 3 saturated carbocycles. The molecule has 0 bridgehead atoms. The van der Waals surface area contributed by atoms with E-state index in [1.54, 1.807) is 0 Å². The zero-order valence-electron chi connectivity index (χ0n) is 13.6. The van der Waals surface area contributed by atoms with Crippen LogP contribution in [0.2, 0.25) is 0 Å². The monoisotopic (exact) mass is 304 g/mol. The van der Waals surface area contributed by atoms with Crippen molar-refractivity contribution in [1.29, 1.82) is 0 Å². The van der Waals surface area contributed by atoms with Crippen molar-refractivity contribution in [2.45, 2.75) is 70.8 Å². The summed E-state index contributed by atoms with van der Waals surface area (Å²) < 4.78 is 5.46. The van der Waals surface area contributed by atoms with Gasteiger partial charge in [-0.15, -0.1) is 0 Å². The Morgan fingerprint density at radius 1 is 0.909 bits per heavy atom. The Balaban J connectivity index is 1.54. The summed E-state index contributed by atoms with van der Waals surface area (Å²) in [5, 5.41) is 0. The first-order valence-corrected chi connectivity index (χ1v) is 9.04. The summed E-state index contributed by atoms with van der Waals surface area (Å²) in [7, 11) is 0. The molecule has 0 aromatic rings. The van der Waals surface area contributed by atoms with E-state index in [2.05, 4.69) is 6.08 Å². The molecule has 3 aliphatic rings. The van der Waals surface area contributed by atoms with Crippen LogP contribution in [0.25, 0.3) is 0 Å². The summed E-state index contributed by atoms with van der Waals surface area (Å²) in [6.07, 6.45) is 14.4. The fraction of sp³-hybridized carbons (Fsp3) is 0.789. The van der Waals surface area contributed by atoms with Gasteiger partial charge in [-0.05, 0) is 62.4 Å². The fourth-order valence-electron chi connectivity index (χ4n) is 4.93. The first-order valence-electron chi connectivity index (χ1n) is 9.04. The van der Waals surface area contributed by atoms with Gasteiger partial charge in [-0.1, -0.05) is 25.3 Å². The molecule has 22 heavy (non-hydrogen) atoms. The van der Waals surface area contributed by atoms with Gasteiger partial charge >= 0.3 is 5.97 Å². The zero-order chi connectivity index (χ0) is 15.5. The van der Waals surface area contributed by atoms with Crippen molar-refractivity contribution in [2.24, 2.45) is 23.7 Å². The Kier molecular flexibility index (Phi) is 5.00. The Morgan fingerprint density at radius 3 is 2.36 bits per heavy atom. The number of ketones is 1. The molecule has 4 atom stereocenters. The molecular formula is C19H28O3. The lowest BCUT2D eigenvalue weighted by Gasteiger charge is -2.20. The largest absolute Gasteiger partial charge is 0.462 e. The average Bonchev–Trinajstić information content (AvgIpc) is 3.09. The number of carbonyl (C=O) groups is 2. The molecular weight excluding hydrogens is 276 g/mol. The predicted molar refractivity (Wildman–Crippen MR) is 85.2 cm³/mol. The summed E-state index contributed by atoms with van der Waals surface area (Å²) in [4.78, 5) is 23.5. The number of hydrogen-bond donors (Lipinski definition) is 0. The van der Waals surface area contributed by atoms with Crippen molar-refractivity contribution in [3.05, 3.63) is 12.2 Å². The molecule has 122 valence electrons. The minimum Gasteiger partial charge on any atom is -0.462 e. The number of fused-ring (bicyclic) bond motifs is 1. The smallest absolute Gasteiger partial charge is 0.302 e. The molecule has 0 saturated heterocycles. The molecule has 4 unspecified atom stereocenters. The molecule has 0 N–H and O–H groups in total. The van der Waals surface area contributed by atoms with Gasteiger partial charge < -0.3 is 4.74 Å². The maximum Gasteiger partial charge on any atom is 0.302 e. The number of hydrogen-bond acceptors (Lipinski definition) is 3. The number of rotatable bonds is 4. The normalized spacial score (nSPS) is 35.7. The van der Waals surface area contributed by atoms with E-state index >= 15 is 0 Å². The van der Waals surface area contributed by atoms with E-state index in [1.165, 1.54) is 26.2 Å². The molecule has 3 nitrogen and oxygen atoms in total. The molecule has 0 heterocycles. The molecule has 0 aromatic carbocycles. The third-order valence-electron chi connectivity index (χ3n) is 6.03. The van der Waals surface area contributed by atoms with Crippen LogP contribution in [0.1, 0.15) is 64.7 Å². The van der Waals surface area contributed by atoms with Crippen LogP contribution in [0.5, 0.6) is 0 Å². The van der Waals surface area contributed by atoms with E-state index in [0.29, 0.717) is 23.5 Å². The van der Waals surface area contributed by atoms with Crippen molar-refractivity contribution in [3.8, 4) is 0 Å². The Morgan fingerprint density at radius 2 is 1.64 bits per heavy atom. The first-order chi connectivity index (χ1) is 10.6. The molecule has 0 aromatic heterocycles. The molecule has 3 heteroatoms. The molecule has 0 aliphatic heterocycles. The summed E-state index contributed by atoms with van der Waals surface area (Å²) in [5.41, 5.74) is 0.